The molecule has 2 rings (SSSR count). The molecule has 0 saturated carbocycles. The van der Waals surface area contributed by atoms with Gasteiger partial charge in [-0.1, -0.05) is 11.8 Å². The molecule has 0 fully saturated rings. The number of ether oxygens (including phenoxy) is 2. The second-order valence-corrected chi connectivity index (χ2v) is 5.48. The summed E-state index contributed by atoms with van der Waals surface area (Å²) in [6, 6.07) is 0. The van der Waals surface area contributed by atoms with Crippen LogP contribution < -0.4 is 11.5 Å². The number of fused-ring (bicyclic) bond motifs is 1. The number of esters is 2. The molecular formula is C13H18N6O4S. The number of thioether (sulfide) groups is 1. The van der Waals surface area contributed by atoms with Crippen molar-refractivity contribution in [3.05, 3.63) is 12.7 Å². The molecule has 0 amide bonds. The van der Waals surface area contributed by atoms with Crippen molar-refractivity contribution in [3.63, 3.8) is 0 Å². The van der Waals surface area contributed by atoms with E-state index in [0.29, 0.717) is 16.2 Å². The largest absolute Gasteiger partial charge is 0.454 e. The lowest BCUT2D eigenvalue weighted by molar-refractivity contribution is -0.147. The topological polar surface area (TPSA) is 148 Å². The molecule has 0 radical (unpaired) electrons. The average molecular weight is 354 g/mol. The molecule has 11 heteroatoms. The maximum atomic E-state index is 11.4. The van der Waals surface area contributed by atoms with Gasteiger partial charge in [0.2, 0.25) is 0 Å². The SMILES string of the molecule is NCCC(=O)OCSc1ncnc2c1ncn2COC(=O)CCN. The Kier molecular flexibility index (Phi) is 6.90. The van der Waals surface area contributed by atoms with Crippen LogP contribution in [0.1, 0.15) is 12.8 Å². The van der Waals surface area contributed by atoms with E-state index in [-0.39, 0.29) is 44.6 Å². The molecule has 24 heavy (non-hydrogen) atoms. The Hall–Kier alpha value is -2.24. The third-order valence-corrected chi connectivity index (χ3v) is 3.65. The lowest BCUT2D eigenvalue weighted by Crippen LogP contribution is -2.13. The van der Waals surface area contributed by atoms with Gasteiger partial charge in [0.05, 0.1) is 19.2 Å². The van der Waals surface area contributed by atoms with Gasteiger partial charge in [-0.2, -0.15) is 0 Å². The maximum Gasteiger partial charge on any atom is 0.308 e. The third kappa shape index (κ3) is 4.88. The predicted octanol–water partition coefficient (Wildman–Crippen LogP) is -0.383. The van der Waals surface area contributed by atoms with Crippen molar-refractivity contribution in [3.8, 4) is 0 Å². The number of carbonyl (C=O) groups excluding carboxylic acids is 2. The van der Waals surface area contributed by atoms with Gasteiger partial charge in [-0.25, -0.2) is 15.0 Å². The first-order valence-electron chi connectivity index (χ1n) is 7.15. The fourth-order valence-electron chi connectivity index (χ4n) is 1.73. The highest BCUT2D eigenvalue weighted by Gasteiger charge is 2.12. The molecule has 0 unspecified atom stereocenters. The second-order valence-electron chi connectivity index (χ2n) is 4.57. The lowest BCUT2D eigenvalue weighted by Gasteiger charge is -2.06. The molecular weight excluding hydrogens is 336 g/mol. The number of imidazole rings is 1. The van der Waals surface area contributed by atoms with Crippen molar-refractivity contribution in [2.45, 2.75) is 24.6 Å². The van der Waals surface area contributed by atoms with Crippen molar-refractivity contribution < 1.29 is 19.1 Å². The van der Waals surface area contributed by atoms with Crippen LogP contribution in [0.2, 0.25) is 0 Å². The molecule has 0 aliphatic rings. The highest BCUT2D eigenvalue weighted by atomic mass is 32.2. The van der Waals surface area contributed by atoms with E-state index >= 15 is 0 Å². The smallest absolute Gasteiger partial charge is 0.308 e. The average Bonchev–Trinajstić information content (AvgIpc) is 2.97. The molecule has 0 bridgehead atoms. The fraction of sp³-hybridized carbons (Fsp3) is 0.462. The Labute approximate surface area is 141 Å². The predicted molar refractivity (Wildman–Crippen MR) is 85.6 cm³/mol. The minimum absolute atomic E-state index is 0.0120. The molecule has 0 aliphatic carbocycles. The summed E-state index contributed by atoms with van der Waals surface area (Å²) in [6.45, 7) is 0.464. The number of hydrogen-bond acceptors (Lipinski definition) is 10. The van der Waals surface area contributed by atoms with E-state index < -0.39 is 5.97 Å². The number of nitrogens with zero attached hydrogens (tertiary/aromatic N) is 4. The van der Waals surface area contributed by atoms with Crippen LogP contribution in [-0.2, 0) is 25.8 Å². The molecule has 2 aromatic heterocycles. The first kappa shape index (κ1) is 18.1. The zero-order valence-electron chi connectivity index (χ0n) is 12.9. The van der Waals surface area contributed by atoms with Gasteiger partial charge in [-0.05, 0) is 0 Å². The fourth-order valence-corrected chi connectivity index (χ4v) is 2.44. The van der Waals surface area contributed by atoms with E-state index in [0.717, 1.165) is 0 Å². The van der Waals surface area contributed by atoms with Crippen molar-refractivity contribution in [1.82, 2.24) is 19.5 Å². The maximum absolute atomic E-state index is 11.4. The zero-order chi connectivity index (χ0) is 17.4. The summed E-state index contributed by atoms with van der Waals surface area (Å²) < 4.78 is 11.7. The van der Waals surface area contributed by atoms with Gasteiger partial charge in [-0.3, -0.25) is 14.2 Å². The molecule has 0 spiro atoms. The molecule has 0 atom stereocenters. The van der Waals surface area contributed by atoms with E-state index in [1.807, 2.05) is 0 Å². The summed E-state index contributed by atoms with van der Waals surface area (Å²) in [5.41, 5.74) is 11.6. The molecule has 0 aromatic carbocycles. The molecule has 10 nitrogen and oxygen atoms in total. The summed E-state index contributed by atoms with van der Waals surface area (Å²) in [6.07, 6.45) is 3.19. The van der Waals surface area contributed by atoms with Gasteiger partial charge in [0.25, 0.3) is 0 Å². The highest BCUT2D eigenvalue weighted by Crippen LogP contribution is 2.23. The Bertz CT molecular complexity index is 707. The van der Waals surface area contributed by atoms with Gasteiger partial charge >= 0.3 is 11.9 Å². The van der Waals surface area contributed by atoms with E-state index in [1.54, 1.807) is 4.57 Å². The lowest BCUT2D eigenvalue weighted by atomic mass is 10.4. The van der Waals surface area contributed by atoms with Gasteiger partial charge in [-0.15, -0.1) is 0 Å². The Balaban J connectivity index is 2.00. The van der Waals surface area contributed by atoms with E-state index in [9.17, 15) is 9.59 Å². The van der Waals surface area contributed by atoms with Crippen molar-refractivity contribution in [2.75, 3.05) is 19.0 Å². The number of aromatic nitrogens is 4. The Morgan fingerprint density at radius 2 is 1.79 bits per heavy atom. The summed E-state index contributed by atoms with van der Waals surface area (Å²) in [5, 5.41) is 0.563. The number of rotatable bonds is 9. The Morgan fingerprint density at radius 1 is 1.08 bits per heavy atom. The van der Waals surface area contributed by atoms with E-state index in [1.165, 1.54) is 24.4 Å². The van der Waals surface area contributed by atoms with Crippen LogP contribution in [0.25, 0.3) is 11.2 Å². The first-order chi connectivity index (χ1) is 11.7. The summed E-state index contributed by atoms with van der Waals surface area (Å²) in [5.74, 6) is -0.661. The molecule has 2 aromatic rings. The van der Waals surface area contributed by atoms with Crippen LogP contribution in [-0.4, -0.2) is 50.5 Å². The van der Waals surface area contributed by atoms with Gasteiger partial charge in [0, 0.05) is 13.1 Å². The van der Waals surface area contributed by atoms with Crippen molar-refractivity contribution in [1.29, 1.82) is 0 Å². The van der Waals surface area contributed by atoms with Crippen LogP contribution >= 0.6 is 11.8 Å². The number of nitrogens with two attached hydrogens (primary N) is 2. The quantitative estimate of drug-likeness (QED) is 0.264. The standard InChI is InChI=1S/C13H18N6O4S/c14-3-1-9(20)22-7-19-6-18-11-12(19)16-5-17-13(11)24-8-23-10(21)2-4-15/h5-6H,1-4,7-8,14-15H2. The van der Waals surface area contributed by atoms with Crippen LogP contribution in [0.5, 0.6) is 0 Å². The summed E-state index contributed by atoms with van der Waals surface area (Å²) >= 11 is 1.21. The van der Waals surface area contributed by atoms with Crippen LogP contribution in [0.15, 0.2) is 17.7 Å². The zero-order valence-corrected chi connectivity index (χ0v) is 13.7. The van der Waals surface area contributed by atoms with Crippen LogP contribution in [0.4, 0.5) is 0 Å². The molecule has 0 saturated heterocycles. The van der Waals surface area contributed by atoms with Crippen LogP contribution in [0.3, 0.4) is 0 Å². The van der Waals surface area contributed by atoms with Crippen molar-refractivity contribution in [2.24, 2.45) is 11.5 Å². The second kappa shape index (κ2) is 9.15. The molecule has 0 aliphatic heterocycles. The number of hydrogen-bond donors (Lipinski definition) is 2. The van der Waals surface area contributed by atoms with E-state index in [4.69, 9.17) is 20.9 Å². The van der Waals surface area contributed by atoms with Gasteiger partial charge in [0.1, 0.15) is 22.8 Å². The molecule has 4 N–H and O–H groups in total. The summed E-state index contributed by atoms with van der Waals surface area (Å²) in [7, 11) is 0. The van der Waals surface area contributed by atoms with Crippen molar-refractivity contribution >= 4 is 34.9 Å². The van der Waals surface area contributed by atoms with Crippen LogP contribution in [0, 0.1) is 0 Å². The van der Waals surface area contributed by atoms with Gasteiger partial charge < -0.3 is 20.9 Å². The Morgan fingerprint density at radius 3 is 2.50 bits per heavy atom. The minimum Gasteiger partial charge on any atom is -0.454 e. The normalized spacial score (nSPS) is 10.8. The minimum atomic E-state index is -0.394. The van der Waals surface area contributed by atoms with E-state index in [2.05, 4.69) is 15.0 Å². The van der Waals surface area contributed by atoms with Gasteiger partial charge in [0.15, 0.2) is 12.4 Å². The summed E-state index contributed by atoms with van der Waals surface area (Å²) in [4.78, 5) is 35.1. The highest BCUT2D eigenvalue weighted by molar-refractivity contribution is 7.99. The molecule has 2 heterocycles. The third-order valence-electron chi connectivity index (χ3n) is 2.84. The number of carbonyl (C=O) groups is 2. The molecule has 130 valence electrons. The first-order valence-corrected chi connectivity index (χ1v) is 8.14. The monoisotopic (exact) mass is 354 g/mol.